The van der Waals surface area contributed by atoms with Crippen LogP contribution in [0.5, 0.6) is 0 Å². The molecule has 0 bridgehead atoms. The van der Waals surface area contributed by atoms with E-state index in [0.717, 1.165) is 11.6 Å². The highest BCUT2D eigenvalue weighted by atomic mass is 19.4. The van der Waals surface area contributed by atoms with Gasteiger partial charge < -0.3 is 10.6 Å². The maximum absolute atomic E-state index is 13.9. The van der Waals surface area contributed by atoms with Crippen molar-refractivity contribution in [1.82, 2.24) is 19.4 Å². The molecule has 0 saturated carbocycles. The summed E-state index contributed by atoms with van der Waals surface area (Å²) in [6, 6.07) is 16.2. The average molecular weight is 462 g/mol. The number of carbonyl (C=O) groups excluding carboxylic acids is 1. The molecule has 1 amide bonds. The van der Waals surface area contributed by atoms with E-state index in [1.807, 2.05) is 30.3 Å². The Morgan fingerprint density at radius 3 is 2.47 bits per heavy atom. The molecule has 0 fully saturated rings. The van der Waals surface area contributed by atoms with Crippen molar-refractivity contribution >= 4 is 34.1 Å². The number of nitrogens with zero attached hydrogens (tertiary/aromatic N) is 4. The number of benzene rings is 1. The summed E-state index contributed by atoms with van der Waals surface area (Å²) in [7, 11) is 0. The van der Waals surface area contributed by atoms with Crippen LogP contribution < -0.4 is 10.6 Å². The minimum absolute atomic E-state index is 0.0401. The summed E-state index contributed by atoms with van der Waals surface area (Å²) in [5, 5.41) is 5.55. The van der Waals surface area contributed by atoms with Crippen LogP contribution in [-0.2, 0) is 12.7 Å². The van der Waals surface area contributed by atoms with E-state index in [0.29, 0.717) is 17.9 Å². The molecule has 0 aliphatic carbocycles. The Labute approximate surface area is 191 Å². The van der Waals surface area contributed by atoms with Gasteiger partial charge >= 0.3 is 6.18 Å². The molecule has 7 nitrogen and oxygen atoms in total. The molecule has 10 heteroatoms. The van der Waals surface area contributed by atoms with Gasteiger partial charge in [-0.3, -0.25) is 14.2 Å². The smallest absolute Gasteiger partial charge is 0.366 e. The van der Waals surface area contributed by atoms with Crippen molar-refractivity contribution in [2.45, 2.75) is 12.7 Å². The van der Waals surface area contributed by atoms with Crippen molar-refractivity contribution in [2.24, 2.45) is 0 Å². The predicted octanol–water partition coefficient (Wildman–Crippen LogP) is 5.16. The van der Waals surface area contributed by atoms with Crippen LogP contribution in [0.3, 0.4) is 0 Å². The second-order valence-corrected chi connectivity index (χ2v) is 7.51. The van der Waals surface area contributed by atoms with Gasteiger partial charge in [0.2, 0.25) is 0 Å². The molecule has 2 N–H and O–H groups in total. The van der Waals surface area contributed by atoms with E-state index in [1.165, 1.54) is 35.1 Å². The van der Waals surface area contributed by atoms with Crippen LogP contribution in [0.15, 0.2) is 79.3 Å². The summed E-state index contributed by atoms with van der Waals surface area (Å²) < 4.78 is 43.1. The Balaban J connectivity index is 1.57. The third-order valence-electron chi connectivity index (χ3n) is 5.19. The Morgan fingerprint density at radius 2 is 1.74 bits per heavy atom. The summed E-state index contributed by atoms with van der Waals surface area (Å²) in [4.78, 5) is 25.2. The Morgan fingerprint density at radius 1 is 0.971 bits per heavy atom. The molecule has 0 aliphatic heterocycles. The molecule has 170 valence electrons. The van der Waals surface area contributed by atoms with Crippen LogP contribution in [0.1, 0.15) is 21.6 Å². The molecule has 0 saturated heterocycles. The third-order valence-corrected chi connectivity index (χ3v) is 5.19. The lowest BCUT2D eigenvalue weighted by Gasteiger charge is -2.14. The molecule has 5 rings (SSSR count). The van der Waals surface area contributed by atoms with Gasteiger partial charge in [-0.1, -0.05) is 30.3 Å². The first-order chi connectivity index (χ1) is 16.4. The van der Waals surface area contributed by atoms with E-state index in [9.17, 15) is 18.0 Å². The minimum atomic E-state index is -4.60. The zero-order chi connectivity index (χ0) is 23.7. The van der Waals surface area contributed by atoms with Gasteiger partial charge in [0, 0.05) is 36.2 Å². The Bertz CT molecular complexity index is 1480. The normalized spacial score (nSPS) is 11.6. The lowest BCUT2D eigenvalue weighted by atomic mass is 10.1. The van der Waals surface area contributed by atoms with Crippen LogP contribution in [-0.4, -0.2) is 25.3 Å². The maximum atomic E-state index is 13.9. The first kappa shape index (κ1) is 21.4. The van der Waals surface area contributed by atoms with Gasteiger partial charge in [-0.2, -0.15) is 13.2 Å². The molecule has 1 aromatic carbocycles. The summed E-state index contributed by atoms with van der Waals surface area (Å²) in [6.45, 7) is 0.302. The van der Waals surface area contributed by atoms with Crippen molar-refractivity contribution in [3.63, 3.8) is 0 Å². The number of alkyl halides is 3. The molecular weight excluding hydrogens is 445 g/mol. The average Bonchev–Trinajstić information content (AvgIpc) is 3.28. The van der Waals surface area contributed by atoms with Gasteiger partial charge in [0.05, 0.1) is 5.56 Å². The Kier molecular flexibility index (Phi) is 5.33. The Hall–Kier alpha value is -4.47. The molecule has 0 aliphatic rings. The van der Waals surface area contributed by atoms with Crippen molar-refractivity contribution in [2.75, 3.05) is 10.6 Å². The number of halogens is 3. The van der Waals surface area contributed by atoms with Crippen molar-refractivity contribution in [3.8, 4) is 0 Å². The largest absolute Gasteiger partial charge is 0.417 e. The van der Waals surface area contributed by atoms with Crippen molar-refractivity contribution < 1.29 is 18.0 Å². The van der Waals surface area contributed by atoms with Crippen LogP contribution >= 0.6 is 0 Å². The summed E-state index contributed by atoms with van der Waals surface area (Å²) in [6.07, 6.45) is -0.165. The summed E-state index contributed by atoms with van der Waals surface area (Å²) in [5.41, 5.74) is 0.973. The highest BCUT2D eigenvalue weighted by Gasteiger charge is 2.34. The molecule has 0 spiro atoms. The van der Waals surface area contributed by atoms with E-state index in [-0.39, 0.29) is 22.5 Å². The number of aromatic nitrogens is 4. The van der Waals surface area contributed by atoms with Gasteiger partial charge in [0.1, 0.15) is 22.8 Å². The fourth-order valence-electron chi connectivity index (χ4n) is 3.58. The molecule has 4 heterocycles. The molecule has 34 heavy (non-hydrogen) atoms. The van der Waals surface area contributed by atoms with Gasteiger partial charge in [-0.05, 0) is 35.9 Å². The van der Waals surface area contributed by atoms with Crippen LogP contribution in [0.2, 0.25) is 0 Å². The van der Waals surface area contributed by atoms with Gasteiger partial charge in [-0.25, -0.2) is 9.97 Å². The molecular formula is C24H17F3N6O. The topological polar surface area (TPSA) is 84.2 Å². The first-order valence-corrected chi connectivity index (χ1v) is 10.3. The number of carbonyl (C=O) groups is 1. The quantitative estimate of drug-likeness (QED) is 0.377. The fraction of sp³-hybridized carbons (Fsp3) is 0.0833. The van der Waals surface area contributed by atoms with Gasteiger partial charge in [0.15, 0.2) is 0 Å². The number of amides is 1. The van der Waals surface area contributed by atoms with E-state index in [1.54, 1.807) is 12.1 Å². The second-order valence-electron chi connectivity index (χ2n) is 7.51. The minimum Gasteiger partial charge on any atom is -0.366 e. The molecule has 0 atom stereocenters. The predicted molar refractivity (Wildman–Crippen MR) is 121 cm³/mol. The van der Waals surface area contributed by atoms with Crippen molar-refractivity contribution in [1.29, 1.82) is 0 Å². The number of hydrogen-bond acceptors (Lipinski definition) is 5. The van der Waals surface area contributed by atoms with E-state index >= 15 is 0 Å². The first-order valence-electron chi connectivity index (χ1n) is 10.3. The van der Waals surface area contributed by atoms with Crippen LogP contribution in [0, 0.1) is 0 Å². The SMILES string of the molecule is O=C(Nc1ccncc1)c1cn2c(ccc3c(C(F)(F)F)cc(NCc4ccccc4)nc32)n1. The number of hydrogen-bond donors (Lipinski definition) is 2. The summed E-state index contributed by atoms with van der Waals surface area (Å²) in [5.74, 6) is -0.440. The zero-order valence-electron chi connectivity index (χ0n) is 17.5. The standard InChI is InChI=1S/C24H17F3N6O/c25-24(26,27)18-12-20(29-13-15-4-2-1-3-5-15)32-22-17(18)6-7-21-31-19(14-33(21)22)23(34)30-16-8-10-28-11-9-16/h1-12,14H,13H2,(H,29,32)(H,28,30,34). The fourth-order valence-corrected chi connectivity index (χ4v) is 3.58. The number of anilines is 2. The van der Waals surface area contributed by atoms with E-state index in [2.05, 4.69) is 25.6 Å². The van der Waals surface area contributed by atoms with E-state index < -0.39 is 17.6 Å². The van der Waals surface area contributed by atoms with Crippen LogP contribution in [0.25, 0.3) is 16.7 Å². The maximum Gasteiger partial charge on any atom is 0.417 e. The molecule has 0 radical (unpaired) electrons. The highest BCUT2D eigenvalue weighted by molar-refractivity contribution is 6.03. The third kappa shape index (κ3) is 4.25. The molecule has 4 aromatic heterocycles. The number of imidazole rings is 1. The lowest BCUT2D eigenvalue weighted by molar-refractivity contribution is -0.136. The highest BCUT2D eigenvalue weighted by Crippen LogP contribution is 2.36. The van der Waals surface area contributed by atoms with Crippen molar-refractivity contribution in [3.05, 3.63) is 96.1 Å². The number of nitrogens with one attached hydrogen (secondary N) is 2. The summed E-state index contributed by atoms with van der Waals surface area (Å²) >= 11 is 0. The second kappa shape index (κ2) is 8.47. The lowest BCUT2D eigenvalue weighted by Crippen LogP contribution is -2.12. The van der Waals surface area contributed by atoms with E-state index in [4.69, 9.17) is 0 Å². The number of fused-ring (bicyclic) bond motifs is 3. The monoisotopic (exact) mass is 462 g/mol. The molecule has 5 aromatic rings. The van der Waals surface area contributed by atoms with Crippen LogP contribution in [0.4, 0.5) is 24.7 Å². The molecule has 0 unspecified atom stereocenters. The van der Waals surface area contributed by atoms with Gasteiger partial charge in [-0.15, -0.1) is 0 Å². The van der Waals surface area contributed by atoms with Gasteiger partial charge in [0.25, 0.3) is 5.91 Å². The zero-order valence-corrected chi connectivity index (χ0v) is 17.5. The number of rotatable bonds is 5. The number of pyridine rings is 3.